The highest BCUT2D eigenvalue weighted by atomic mass is 35.5. The standard InChI is InChI=1S/C10H11N3S.ClH/c11-6-8-2-1-4-13-10(8)14-9-3-5-12-7-9;/h1-2,4,9,12H,3,5,7H2;1H/t9-;/m1./s1. The predicted molar refractivity (Wildman–Crippen MR) is 63.3 cm³/mol. The van der Waals surface area contributed by atoms with Crippen molar-refractivity contribution in [2.75, 3.05) is 13.1 Å². The maximum atomic E-state index is 8.87. The van der Waals surface area contributed by atoms with Crippen LogP contribution in [0, 0.1) is 11.3 Å². The van der Waals surface area contributed by atoms with Crippen LogP contribution in [0.25, 0.3) is 0 Å². The molecular weight excluding hydrogens is 230 g/mol. The molecule has 0 bridgehead atoms. The summed E-state index contributed by atoms with van der Waals surface area (Å²) >= 11 is 1.71. The zero-order chi connectivity index (χ0) is 9.80. The summed E-state index contributed by atoms with van der Waals surface area (Å²) in [6.07, 6.45) is 2.90. The number of aromatic nitrogens is 1. The number of nitrogens with one attached hydrogen (secondary N) is 1. The predicted octanol–water partition coefficient (Wildman–Crippen LogP) is 1.83. The minimum Gasteiger partial charge on any atom is -0.316 e. The smallest absolute Gasteiger partial charge is 0.114 e. The number of nitriles is 1. The number of rotatable bonds is 2. The second-order valence-electron chi connectivity index (χ2n) is 3.20. The molecule has 1 aromatic heterocycles. The summed E-state index contributed by atoms with van der Waals surface area (Å²) < 4.78 is 0. The Hall–Kier alpha value is -0.760. The molecule has 2 rings (SSSR count). The van der Waals surface area contributed by atoms with E-state index >= 15 is 0 Å². The van der Waals surface area contributed by atoms with Gasteiger partial charge in [0.2, 0.25) is 0 Å². The third-order valence-corrected chi connectivity index (χ3v) is 3.47. The molecule has 0 amide bonds. The molecular formula is C10H12ClN3S. The average molecular weight is 242 g/mol. The third-order valence-electron chi connectivity index (χ3n) is 2.19. The summed E-state index contributed by atoms with van der Waals surface area (Å²) in [7, 11) is 0. The summed E-state index contributed by atoms with van der Waals surface area (Å²) in [5, 5.41) is 13.6. The monoisotopic (exact) mass is 241 g/mol. The summed E-state index contributed by atoms with van der Waals surface area (Å²) in [5.74, 6) is 0. The van der Waals surface area contributed by atoms with E-state index < -0.39 is 0 Å². The molecule has 3 nitrogen and oxygen atoms in total. The lowest BCUT2D eigenvalue weighted by atomic mass is 10.3. The highest BCUT2D eigenvalue weighted by Crippen LogP contribution is 2.27. The van der Waals surface area contributed by atoms with Crippen LogP contribution in [0.4, 0.5) is 0 Å². The highest BCUT2D eigenvalue weighted by molar-refractivity contribution is 8.00. The van der Waals surface area contributed by atoms with E-state index in [1.807, 2.05) is 6.07 Å². The lowest BCUT2D eigenvalue weighted by Gasteiger charge is -2.07. The third kappa shape index (κ3) is 3.10. The summed E-state index contributed by atoms with van der Waals surface area (Å²) in [6, 6.07) is 5.78. The zero-order valence-electron chi connectivity index (χ0n) is 8.14. The number of pyridine rings is 1. The van der Waals surface area contributed by atoms with Crippen molar-refractivity contribution in [3.8, 4) is 6.07 Å². The lowest BCUT2D eigenvalue weighted by Crippen LogP contribution is -2.10. The first-order chi connectivity index (χ1) is 6.90. The maximum absolute atomic E-state index is 8.87. The fourth-order valence-electron chi connectivity index (χ4n) is 1.46. The Labute approximate surface area is 99.7 Å². The van der Waals surface area contributed by atoms with E-state index in [0.29, 0.717) is 10.8 Å². The van der Waals surface area contributed by atoms with E-state index in [-0.39, 0.29) is 12.4 Å². The number of nitrogens with zero attached hydrogens (tertiary/aromatic N) is 2. The Bertz CT molecular complexity index is 358. The molecule has 5 heteroatoms. The van der Waals surface area contributed by atoms with E-state index in [0.717, 1.165) is 24.5 Å². The number of halogens is 1. The van der Waals surface area contributed by atoms with Gasteiger partial charge < -0.3 is 5.32 Å². The van der Waals surface area contributed by atoms with Crippen molar-refractivity contribution < 1.29 is 0 Å². The molecule has 2 heterocycles. The van der Waals surface area contributed by atoms with Gasteiger partial charge in [0.1, 0.15) is 11.1 Å². The van der Waals surface area contributed by atoms with Crippen molar-refractivity contribution in [2.24, 2.45) is 0 Å². The van der Waals surface area contributed by atoms with Crippen LogP contribution in [-0.4, -0.2) is 23.3 Å². The van der Waals surface area contributed by atoms with Gasteiger partial charge in [0, 0.05) is 18.0 Å². The van der Waals surface area contributed by atoms with Crippen LogP contribution in [-0.2, 0) is 0 Å². The molecule has 0 unspecified atom stereocenters. The maximum Gasteiger partial charge on any atom is 0.114 e. The van der Waals surface area contributed by atoms with Gasteiger partial charge in [0.15, 0.2) is 0 Å². The number of thioether (sulfide) groups is 1. The van der Waals surface area contributed by atoms with E-state index in [1.165, 1.54) is 0 Å². The first-order valence-corrected chi connectivity index (χ1v) is 5.50. The van der Waals surface area contributed by atoms with E-state index in [1.54, 1.807) is 24.0 Å². The van der Waals surface area contributed by atoms with Gasteiger partial charge in [0.25, 0.3) is 0 Å². The fraction of sp³-hybridized carbons (Fsp3) is 0.400. The molecule has 1 saturated heterocycles. The fourth-order valence-corrected chi connectivity index (χ4v) is 2.57. The van der Waals surface area contributed by atoms with Crippen molar-refractivity contribution in [3.63, 3.8) is 0 Å². The van der Waals surface area contributed by atoms with Crippen molar-refractivity contribution >= 4 is 24.2 Å². The molecule has 0 aromatic carbocycles. The average Bonchev–Trinajstić information content (AvgIpc) is 2.71. The second-order valence-corrected chi connectivity index (χ2v) is 4.49. The molecule has 1 aromatic rings. The summed E-state index contributed by atoms with van der Waals surface area (Å²) in [6.45, 7) is 2.10. The molecule has 0 saturated carbocycles. The van der Waals surface area contributed by atoms with Gasteiger partial charge in [-0.3, -0.25) is 0 Å². The van der Waals surface area contributed by atoms with Crippen molar-refractivity contribution in [1.29, 1.82) is 5.26 Å². The van der Waals surface area contributed by atoms with Crippen molar-refractivity contribution in [3.05, 3.63) is 23.9 Å². The SMILES string of the molecule is Cl.N#Cc1cccnc1S[C@@H]1CCNC1. The minimum absolute atomic E-state index is 0. The zero-order valence-corrected chi connectivity index (χ0v) is 9.77. The van der Waals surface area contributed by atoms with Crippen LogP contribution >= 0.6 is 24.2 Å². The molecule has 1 aliphatic rings. The molecule has 1 N–H and O–H groups in total. The van der Waals surface area contributed by atoms with E-state index in [9.17, 15) is 0 Å². The van der Waals surface area contributed by atoms with Gasteiger partial charge in [0.05, 0.1) is 5.56 Å². The molecule has 1 fully saturated rings. The van der Waals surface area contributed by atoms with Gasteiger partial charge in [-0.2, -0.15) is 5.26 Å². The Morgan fingerprint density at radius 2 is 2.47 bits per heavy atom. The second kappa shape index (κ2) is 5.96. The van der Waals surface area contributed by atoms with Gasteiger partial charge in [-0.1, -0.05) is 0 Å². The molecule has 0 spiro atoms. The van der Waals surface area contributed by atoms with Gasteiger partial charge in [-0.15, -0.1) is 24.2 Å². The van der Waals surface area contributed by atoms with Crippen LogP contribution in [0.5, 0.6) is 0 Å². The van der Waals surface area contributed by atoms with Crippen LogP contribution in [0.15, 0.2) is 23.4 Å². The molecule has 80 valence electrons. The van der Waals surface area contributed by atoms with Crippen LogP contribution in [0.2, 0.25) is 0 Å². The minimum atomic E-state index is 0. The summed E-state index contributed by atoms with van der Waals surface area (Å²) in [4.78, 5) is 4.23. The summed E-state index contributed by atoms with van der Waals surface area (Å²) in [5.41, 5.74) is 0.685. The molecule has 1 atom stereocenters. The van der Waals surface area contributed by atoms with Crippen LogP contribution < -0.4 is 5.32 Å². The molecule has 0 radical (unpaired) electrons. The van der Waals surface area contributed by atoms with Crippen molar-refractivity contribution in [2.45, 2.75) is 16.7 Å². The van der Waals surface area contributed by atoms with Crippen LogP contribution in [0.1, 0.15) is 12.0 Å². The first-order valence-electron chi connectivity index (χ1n) is 4.62. The van der Waals surface area contributed by atoms with Crippen molar-refractivity contribution in [1.82, 2.24) is 10.3 Å². The van der Waals surface area contributed by atoms with Gasteiger partial charge in [-0.05, 0) is 25.1 Å². The quantitative estimate of drug-likeness (QED) is 0.858. The largest absolute Gasteiger partial charge is 0.316 e. The van der Waals surface area contributed by atoms with Gasteiger partial charge in [-0.25, -0.2) is 4.98 Å². The lowest BCUT2D eigenvalue weighted by molar-refractivity contribution is 0.858. The Morgan fingerprint density at radius 3 is 3.13 bits per heavy atom. The Kier molecular flexibility index (Phi) is 4.89. The molecule has 0 aliphatic carbocycles. The Balaban J connectivity index is 0.00000112. The molecule has 1 aliphatic heterocycles. The van der Waals surface area contributed by atoms with Gasteiger partial charge >= 0.3 is 0 Å². The van der Waals surface area contributed by atoms with E-state index in [4.69, 9.17) is 5.26 Å². The number of hydrogen-bond donors (Lipinski definition) is 1. The topological polar surface area (TPSA) is 48.7 Å². The normalized spacial score (nSPS) is 19.3. The molecule has 15 heavy (non-hydrogen) atoms. The van der Waals surface area contributed by atoms with E-state index in [2.05, 4.69) is 16.4 Å². The Morgan fingerprint density at radius 1 is 1.60 bits per heavy atom. The first kappa shape index (κ1) is 12.3. The highest BCUT2D eigenvalue weighted by Gasteiger charge is 2.17. The number of hydrogen-bond acceptors (Lipinski definition) is 4. The van der Waals surface area contributed by atoms with Crippen LogP contribution in [0.3, 0.4) is 0 Å².